The average molecular weight is 446 g/mol. The van der Waals surface area contributed by atoms with Crippen LogP contribution < -0.4 is 0 Å². The molecule has 3 heterocycles. The van der Waals surface area contributed by atoms with Crippen molar-refractivity contribution >= 4 is 23.4 Å². The highest BCUT2D eigenvalue weighted by Crippen LogP contribution is 2.41. The minimum Gasteiger partial charge on any atom is -0.507 e. The quantitative estimate of drug-likeness (QED) is 0.267. The van der Waals surface area contributed by atoms with Crippen LogP contribution in [-0.2, 0) is 20.9 Å². The highest BCUT2D eigenvalue weighted by molar-refractivity contribution is 6.46. The molecule has 1 aromatic carbocycles. The van der Waals surface area contributed by atoms with E-state index in [1.165, 1.54) is 12.0 Å². The molecule has 0 aliphatic carbocycles. The van der Waals surface area contributed by atoms with E-state index in [2.05, 4.69) is 15.2 Å². The van der Waals surface area contributed by atoms with E-state index in [1.807, 2.05) is 0 Å². The minimum absolute atomic E-state index is 0.0395. The Morgan fingerprint density at radius 3 is 2.48 bits per heavy atom. The molecule has 2 N–H and O–H groups in total. The number of likely N-dealkylation sites (tertiary alicyclic amines) is 1. The lowest BCUT2D eigenvalue weighted by atomic mass is 9.94. The first-order chi connectivity index (χ1) is 15.8. The number of aryl methyl sites for hydroxylation is 2. The van der Waals surface area contributed by atoms with E-state index in [0.29, 0.717) is 28.1 Å². The summed E-state index contributed by atoms with van der Waals surface area (Å²) < 4.78 is 4.75. The maximum absolute atomic E-state index is 13.1. The normalized spacial score (nSPS) is 17.4. The first-order valence-corrected chi connectivity index (χ1v) is 10.2. The number of nitrogens with zero attached hydrogens (tertiary/aromatic N) is 3. The van der Waals surface area contributed by atoms with Gasteiger partial charge in [-0.05, 0) is 43.2 Å². The topological polar surface area (TPSA) is 125 Å². The smallest absolute Gasteiger partial charge is 0.337 e. The monoisotopic (exact) mass is 446 g/mol. The lowest BCUT2D eigenvalue weighted by molar-refractivity contribution is -0.140. The van der Waals surface area contributed by atoms with Crippen molar-refractivity contribution in [1.29, 1.82) is 0 Å². The first-order valence-electron chi connectivity index (χ1n) is 10.2. The van der Waals surface area contributed by atoms with E-state index in [0.717, 1.165) is 5.56 Å². The Morgan fingerprint density at radius 2 is 1.91 bits per heavy atom. The molecule has 9 heteroatoms. The third kappa shape index (κ3) is 3.89. The standard InChI is InChI=1S/C24H22N4O5/c1-13-18(14(2)27-26-13)21(29)19-20(16-6-8-17(9-7-16)24(32)33-3)28(23(31)22(19)30)12-15-5-4-10-25-11-15/h4-11,20,29H,12H2,1-3H3,(H,26,27)/t20-/m1/s1. The summed E-state index contributed by atoms with van der Waals surface area (Å²) in [6.07, 6.45) is 3.23. The van der Waals surface area contributed by atoms with Gasteiger partial charge in [-0.25, -0.2) is 4.79 Å². The Morgan fingerprint density at radius 1 is 1.18 bits per heavy atom. The number of H-pyrrole nitrogens is 1. The third-order valence-corrected chi connectivity index (χ3v) is 5.63. The molecule has 168 valence electrons. The Hall–Kier alpha value is -4.27. The van der Waals surface area contributed by atoms with Gasteiger partial charge in [0.1, 0.15) is 5.76 Å². The van der Waals surface area contributed by atoms with E-state index in [1.54, 1.807) is 62.6 Å². The number of nitrogens with one attached hydrogen (secondary N) is 1. The SMILES string of the molecule is COC(=O)c1ccc([C@@H]2C(=C(O)c3c(C)n[nH]c3C)C(=O)C(=O)N2Cc2cccnc2)cc1. The summed E-state index contributed by atoms with van der Waals surface area (Å²) >= 11 is 0. The van der Waals surface area contributed by atoms with Crippen molar-refractivity contribution in [2.45, 2.75) is 26.4 Å². The second-order valence-corrected chi connectivity index (χ2v) is 7.71. The summed E-state index contributed by atoms with van der Waals surface area (Å²) in [5.74, 6) is -2.33. The molecular weight excluding hydrogens is 424 g/mol. The summed E-state index contributed by atoms with van der Waals surface area (Å²) in [4.78, 5) is 43.5. The molecule has 1 atom stereocenters. The molecule has 0 radical (unpaired) electrons. The van der Waals surface area contributed by atoms with Gasteiger partial charge in [0.2, 0.25) is 0 Å². The van der Waals surface area contributed by atoms with Gasteiger partial charge < -0.3 is 14.7 Å². The van der Waals surface area contributed by atoms with Crippen LogP contribution in [-0.4, -0.2) is 50.0 Å². The fourth-order valence-electron chi connectivity index (χ4n) is 4.03. The summed E-state index contributed by atoms with van der Waals surface area (Å²) in [6.45, 7) is 3.54. The van der Waals surface area contributed by atoms with Crippen molar-refractivity contribution in [3.05, 3.63) is 88.0 Å². The van der Waals surface area contributed by atoms with E-state index in [9.17, 15) is 19.5 Å². The maximum atomic E-state index is 13.1. The number of carbonyl (C=O) groups excluding carboxylic acids is 3. The Kier molecular flexibility index (Phi) is 5.78. The number of pyridine rings is 1. The van der Waals surface area contributed by atoms with Gasteiger partial charge in [0.05, 0.1) is 35.5 Å². The number of Topliss-reactive ketones (excluding diaryl/α,β-unsaturated/α-hetero) is 1. The van der Waals surface area contributed by atoms with Crippen molar-refractivity contribution in [1.82, 2.24) is 20.1 Å². The number of aromatic nitrogens is 3. The van der Waals surface area contributed by atoms with Crippen LogP contribution in [0.15, 0.2) is 54.4 Å². The molecule has 0 bridgehead atoms. The van der Waals surface area contributed by atoms with Crippen LogP contribution in [0.1, 0.15) is 44.5 Å². The number of aromatic amines is 1. The van der Waals surface area contributed by atoms with Crippen LogP contribution in [0.5, 0.6) is 0 Å². The van der Waals surface area contributed by atoms with Crippen LogP contribution in [0, 0.1) is 13.8 Å². The van der Waals surface area contributed by atoms with Crippen molar-refractivity contribution in [3.63, 3.8) is 0 Å². The minimum atomic E-state index is -0.870. The molecule has 1 saturated heterocycles. The van der Waals surface area contributed by atoms with Crippen LogP contribution in [0.25, 0.3) is 5.76 Å². The van der Waals surface area contributed by atoms with Gasteiger partial charge in [-0.15, -0.1) is 0 Å². The van der Waals surface area contributed by atoms with Crippen LogP contribution in [0.4, 0.5) is 0 Å². The molecule has 0 spiro atoms. The molecule has 3 aromatic rings. The Balaban J connectivity index is 1.87. The number of carbonyl (C=O) groups is 3. The summed E-state index contributed by atoms with van der Waals surface area (Å²) in [5.41, 5.74) is 3.03. The molecule has 33 heavy (non-hydrogen) atoms. The van der Waals surface area contributed by atoms with E-state index in [-0.39, 0.29) is 17.9 Å². The molecule has 4 rings (SSSR count). The Bertz CT molecular complexity index is 1240. The number of aliphatic hydroxyl groups excluding tert-OH is 1. The maximum Gasteiger partial charge on any atom is 0.337 e. The van der Waals surface area contributed by atoms with Gasteiger partial charge in [-0.3, -0.25) is 19.7 Å². The average Bonchev–Trinajstić information content (AvgIpc) is 3.29. The third-order valence-electron chi connectivity index (χ3n) is 5.63. The molecule has 0 saturated carbocycles. The predicted octanol–water partition coefficient (Wildman–Crippen LogP) is 2.83. The summed E-state index contributed by atoms with van der Waals surface area (Å²) in [6, 6.07) is 9.06. The van der Waals surface area contributed by atoms with E-state index < -0.39 is 23.7 Å². The number of hydrogen-bond donors (Lipinski definition) is 2. The molecular formula is C24H22N4O5. The number of aliphatic hydroxyl groups is 1. The van der Waals surface area contributed by atoms with E-state index >= 15 is 0 Å². The molecule has 1 aliphatic heterocycles. The van der Waals surface area contributed by atoms with Gasteiger partial charge in [0.15, 0.2) is 0 Å². The number of ketones is 1. The Labute approximate surface area is 189 Å². The second-order valence-electron chi connectivity index (χ2n) is 7.71. The molecule has 0 unspecified atom stereocenters. The van der Waals surface area contributed by atoms with Gasteiger partial charge in [-0.1, -0.05) is 18.2 Å². The number of benzene rings is 1. The number of ether oxygens (including phenoxy) is 1. The highest BCUT2D eigenvalue weighted by Gasteiger charge is 2.46. The molecule has 1 fully saturated rings. The van der Waals surface area contributed by atoms with Crippen molar-refractivity contribution < 1.29 is 24.2 Å². The zero-order valence-corrected chi connectivity index (χ0v) is 18.3. The molecule has 2 aromatic heterocycles. The zero-order valence-electron chi connectivity index (χ0n) is 18.3. The van der Waals surface area contributed by atoms with Gasteiger partial charge >= 0.3 is 5.97 Å². The number of rotatable bonds is 5. The first kappa shape index (κ1) is 21.9. The lowest BCUT2D eigenvalue weighted by Crippen LogP contribution is -2.29. The molecule has 1 amide bonds. The zero-order chi connectivity index (χ0) is 23.7. The van der Waals surface area contributed by atoms with E-state index in [4.69, 9.17) is 4.74 Å². The van der Waals surface area contributed by atoms with Crippen molar-refractivity contribution in [3.8, 4) is 0 Å². The summed E-state index contributed by atoms with van der Waals surface area (Å²) in [7, 11) is 1.29. The molecule has 1 aliphatic rings. The number of methoxy groups -OCH3 is 1. The number of amides is 1. The van der Waals surface area contributed by atoms with Gasteiger partial charge in [-0.2, -0.15) is 5.10 Å². The number of esters is 1. The van der Waals surface area contributed by atoms with Crippen LogP contribution in [0.3, 0.4) is 0 Å². The van der Waals surface area contributed by atoms with Crippen LogP contribution >= 0.6 is 0 Å². The van der Waals surface area contributed by atoms with Crippen molar-refractivity contribution in [2.75, 3.05) is 7.11 Å². The lowest BCUT2D eigenvalue weighted by Gasteiger charge is -2.25. The van der Waals surface area contributed by atoms with Crippen molar-refractivity contribution in [2.24, 2.45) is 0 Å². The summed E-state index contributed by atoms with van der Waals surface area (Å²) in [5, 5.41) is 18.1. The predicted molar refractivity (Wildman–Crippen MR) is 118 cm³/mol. The van der Waals surface area contributed by atoms with Crippen LogP contribution in [0.2, 0.25) is 0 Å². The fourth-order valence-corrected chi connectivity index (χ4v) is 4.03. The largest absolute Gasteiger partial charge is 0.507 e. The van der Waals surface area contributed by atoms with Gasteiger partial charge in [0, 0.05) is 24.6 Å². The van der Waals surface area contributed by atoms with Gasteiger partial charge in [0.25, 0.3) is 11.7 Å². The highest BCUT2D eigenvalue weighted by atomic mass is 16.5. The second kappa shape index (κ2) is 8.70. The fraction of sp³-hybridized carbons (Fsp3) is 0.208. The molecule has 9 nitrogen and oxygen atoms in total. The number of hydrogen-bond acceptors (Lipinski definition) is 7.